The molecular weight excluding hydrogens is 333 g/mol. The monoisotopic (exact) mass is 357 g/mol. The zero-order valence-corrected chi connectivity index (χ0v) is 14.8. The predicted octanol–water partition coefficient (Wildman–Crippen LogP) is 2.93. The first-order valence-corrected chi connectivity index (χ1v) is 9.42. The van der Waals surface area contributed by atoms with Gasteiger partial charge >= 0.3 is 6.03 Å². The SMILES string of the molecule is O=C(NC1CCCCC1)N1CCN(c2ncnc3c(F)cccc23)CC1. The summed E-state index contributed by atoms with van der Waals surface area (Å²) in [5.74, 6) is 0.401. The van der Waals surface area contributed by atoms with Gasteiger partial charge in [-0.05, 0) is 25.0 Å². The Bertz CT molecular complexity index is 785. The highest BCUT2D eigenvalue weighted by atomic mass is 19.1. The van der Waals surface area contributed by atoms with E-state index in [2.05, 4.69) is 20.2 Å². The number of carbonyl (C=O) groups excluding carboxylic acids is 1. The maximum Gasteiger partial charge on any atom is 0.317 e. The first-order chi connectivity index (χ1) is 12.7. The third-order valence-electron chi connectivity index (χ3n) is 5.39. The molecule has 2 fully saturated rings. The number of fused-ring (bicyclic) bond motifs is 1. The highest BCUT2D eigenvalue weighted by Crippen LogP contribution is 2.25. The quantitative estimate of drug-likeness (QED) is 0.898. The Morgan fingerprint density at radius 2 is 1.85 bits per heavy atom. The molecule has 1 aliphatic carbocycles. The van der Waals surface area contributed by atoms with Gasteiger partial charge in [-0.25, -0.2) is 19.2 Å². The number of nitrogens with zero attached hydrogens (tertiary/aromatic N) is 4. The third kappa shape index (κ3) is 3.43. The largest absolute Gasteiger partial charge is 0.352 e. The minimum absolute atomic E-state index is 0.0372. The molecule has 2 aliphatic rings. The average molecular weight is 357 g/mol. The number of amides is 2. The molecule has 1 saturated carbocycles. The molecule has 6 nitrogen and oxygen atoms in total. The number of benzene rings is 1. The molecule has 1 aromatic carbocycles. The van der Waals surface area contributed by atoms with Crippen LogP contribution >= 0.6 is 0 Å². The lowest BCUT2D eigenvalue weighted by Crippen LogP contribution is -2.53. The number of aromatic nitrogens is 2. The Morgan fingerprint density at radius 1 is 1.08 bits per heavy atom. The number of anilines is 1. The van der Waals surface area contributed by atoms with Crippen molar-refractivity contribution < 1.29 is 9.18 Å². The second-order valence-electron chi connectivity index (χ2n) is 7.09. The van der Waals surface area contributed by atoms with Gasteiger partial charge in [-0.2, -0.15) is 0 Å². The zero-order valence-electron chi connectivity index (χ0n) is 14.8. The zero-order chi connectivity index (χ0) is 17.9. The number of hydrogen-bond donors (Lipinski definition) is 1. The van der Waals surface area contributed by atoms with Gasteiger partial charge in [0.25, 0.3) is 0 Å². The molecule has 0 unspecified atom stereocenters. The lowest BCUT2D eigenvalue weighted by Gasteiger charge is -2.36. The van der Waals surface area contributed by atoms with Crippen molar-refractivity contribution >= 4 is 22.8 Å². The van der Waals surface area contributed by atoms with Crippen LogP contribution in [0.1, 0.15) is 32.1 Å². The first kappa shape index (κ1) is 17.0. The normalized spacial score (nSPS) is 19.0. The van der Waals surface area contributed by atoms with Gasteiger partial charge in [-0.3, -0.25) is 0 Å². The summed E-state index contributed by atoms with van der Waals surface area (Å²) in [5.41, 5.74) is 0.343. The Labute approximate surface area is 152 Å². The summed E-state index contributed by atoms with van der Waals surface area (Å²) in [6.45, 7) is 2.64. The van der Waals surface area contributed by atoms with Crippen LogP contribution in [0.3, 0.4) is 0 Å². The highest BCUT2D eigenvalue weighted by Gasteiger charge is 2.25. The smallest absolute Gasteiger partial charge is 0.317 e. The predicted molar refractivity (Wildman–Crippen MR) is 98.7 cm³/mol. The molecule has 1 aromatic heterocycles. The van der Waals surface area contributed by atoms with E-state index >= 15 is 0 Å². The van der Waals surface area contributed by atoms with Crippen LogP contribution < -0.4 is 10.2 Å². The summed E-state index contributed by atoms with van der Waals surface area (Å²) < 4.78 is 14.0. The molecule has 7 heteroatoms. The van der Waals surface area contributed by atoms with Crippen molar-refractivity contribution in [3.63, 3.8) is 0 Å². The van der Waals surface area contributed by atoms with E-state index in [0.29, 0.717) is 43.1 Å². The van der Waals surface area contributed by atoms with Crippen molar-refractivity contribution in [3.05, 3.63) is 30.3 Å². The van der Waals surface area contributed by atoms with Crippen LogP contribution in [0.15, 0.2) is 24.5 Å². The van der Waals surface area contributed by atoms with E-state index in [0.717, 1.165) is 18.7 Å². The Balaban J connectivity index is 1.41. The number of halogens is 1. The Kier molecular flexibility index (Phi) is 4.86. The van der Waals surface area contributed by atoms with Crippen molar-refractivity contribution in [1.29, 1.82) is 0 Å². The van der Waals surface area contributed by atoms with Gasteiger partial charge in [0.15, 0.2) is 0 Å². The second kappa shape index (κ2) is 7.43. The lowest BCUT2D eigenvalue weighted by atomic mass is 9.96. The molecule has 0 radical (unpaired) electrons. The van der Waals surface area contributed by atoms with Crippen LogP contribution in [0.4, 0.5) is 15.0 Å². The Hall–Kier alpha value is -2.44. The summed E-state index contributed by atoms with van der Waals surface area (Å²) in [6.07, 6.45) is 7.27. The van der Waals surface area contributed by atoms with Gasteiger partial charge < -0.3 is 15.1 Å². The van der Waals surface area contributed by atoms with Gasteiger partial charge in [0, 0.05) is 37.6 Å². The molecule has 0 spiro atoms. The molecule has 2 amide bonds. The summed E-state index contributed by atoms with van der Waals surface area (Å²) in [4.78, 5) is 24.9. The molecule has 1 N–H and O–H groups in total. The van der Waals surface area contributed by atoms with Gasteiger partial charge in [0.2, 0.25) is 0 Å². The molecular formula is C19H24FN5O. The van der Waals surface area contributed by atoms with Crippen LogP contribution in [0, 0.1) is 5.82 Å². The molecule has 2 aromatic rings. The molecule has 0 atom stereocenters. The average Bonchev–Trinajstić information content (AvgIpc) is 2.69. The fourth-order valence-corrected chi connectivity index (χ4v) is 3.92. The summed E-state index contributed by atoms with van der Waals surface area (Å²) in [7, 11) is 0. The minimum Gasteiger partial charge on any atom is -0.352 e. The van der Waals surface area contributed by atoms with Gasteiger partial charge in [0.1, 0.15) is 23.5 Å². The Morgan fingerprint density at radius 3 is 2.62 bits per heavy atom. The summed E-state index contributed by atoms with van der Waals surface area (Å²) >= 11 is 0. The lowest BCUT2D eigenvalue weighted by molar-refractivity contribution is 0.186. The van der Waals surface area contributed by atoms with E-state index in [-0.39, 0.29) is 11.8 Å². The van der Waals surface area contributed by atoms with E-state index in [4.69, 9.17) is 0 Å². The van der Waals surface area contributed by atoms with E-state index in [1.165, 1.54) is 31.7 Å². The maximum atomic E-state index is 14.0. The molecule has 26 heavy (non-hydrogen) atoms. The van der Waals surface area contributed by atoms with Crippen LogP contribution in [0.2, 0.25) is 0 Å². The van der Waals surface area contributed by atoms with Crippen LogP contribution in [-0.2, 0) is 0 Å². The third-order valence-corrected chi connectivity index (χ3v) is 5.39. The highest BCUT2D eigenvalue weighted by molar-refractivity contribution is 5.89. The van der Waals surface area contributed by atoms with Crippen molar-refractivity contribution in [1.82, 2.24) is 20.2 Å². The number of nitrogens with one attached hydrogen (secondary N) is 1. The van der Waals surface area contributed by atoms with E-state index in [1.807, 2.05) is 11.0 Å². The van der Waals surface area contributed by atoms with Gasteiger partial charge in [0.05, 0.1) is 0 Å². The topological polar surface area (TPSA) is 61.4 Å². The van der Waals surface area contributed by atoms with Crippen molar-refractivity contribution in [3.8, 4) is 0 Å². The van der Waals surface area contributed by atoms with Gasteiger partial charge in [-0.1, -0.05) is 25.3 Å². The minimum atomic E-state index is -0.336. The number of piperazine rings is 1. The van der Waals surface area contributed by atoms with E-state index in [1.54, 1.807) is 6.07 Å². The van der Waals surface area contributed by atoms with Gasteiger partial charge in [-0.15, -0.1) is 0 Å². The summed E-state index contributed by atoms with van der Waals surface area (Å²) in [6, 6.07) is 5.29. The molecule has 138 valence electrons. The number of para-hydroxylation sites is 1. The standard InChI is InChI=1S/C19H24FN5O/c20-16-8-4-7-15-17(16)21-13-22-18(15)24-9-11-25(12-10-24)19(26)23-14-5-2-1-3-6-14/h4,7-8,13-14H,1-3,5-6,9-12H2,(H,23,26). The second-order valence-corrected chi connectivity index (χ2v) is 7.09. The number of hydrogen-bond acceptors (Lipinski definition) is 4. The van der Waals surface area contributed by atoms with Crippen molar-refractivity contribution in [2.24, 2.45) is 0 Å². The van der Waals surface area contributed by atoms with E-state index in [9.17, 15) is 9.18 Å². The summed E-state index contributed by atoms with van der Waals surface area (Å²) in [5, 5.41) is 3.89. The fraction of sp³-hybridized carbons (Fsp3) is 0.526. The first-order valence-electron chi connectivity index (χ1n) is 9.42. The molecule has 0 bridgehead atoms. The molecule has 1 saturated heterocycles. The van der Waals surface area contributed by atoms with Crippen LogP contribution in [0.5, 0.6) is 0 Å². The maximum absolute atomic E-state index is 14.0. The molecule has 1 aliphatic heterocycles. The van der Waals surface area contributed by atoms with E-state index < -0.39 is 0 Å². The fourth-order valence-electron chi connectivity index (χ4n) is 3.92. The number of urea groups is 1. The van der Waals surface area contributed by atoms with Crippen molar-refractivity contribution in [2.75, 3.05) is 31.1 Å². The van der Waals surface area contributed by atoms with Crippen LogP contribution in [0.25, 0.3) is 10.9 Å². The molecule has 4 rings (SSSR count). The van der Waals surface area contributed by atoms with Crippen molar-refractivity contribution in [2.45, 2.75) is 38.1 Å². The number of carbonyl (C=O) groups is 1. The molecule has 2 heterocycles. The van der Waals surface area contributed by atoms with Crippen LogP contribution in [-0.4, -0.2) is 53.1 Å². The number of rotatable bonds is 2.